The average molecular weight is 871 g/mol. The molecule has 2 nitrogen and oxygen atoms in total. The SMILES string of the molecule is c1ccc(-c2cccc3c2sc2ccc(N(c4ccc(-c5cccc(-n6c7ccccc7c7ccccc76)c5)cc4)c4ccc(-c5cccc6cccc(-c7ccccc7)c56)cc4)cc23)cc1. The zero-order chi connectivity index (χ0) is 44.3. The molecule has 2 aromatic heterocycles. The summed E-state index contributed by atoms with van der Waals surface area (Å²) in [5.74, 6) is 0. The molecule has 11 aromatic carbocycles. The molecule has 0 bridgehead atoms. The maximum absolute atomic E-state index is 2.41. The Morgan fingerprint density at radius 1 is 0.313 bits per heavy atom. The third-order valence-corrected chi connectivity index (χ3v) is 14.6. The molecular formula is C64H42N2S. The summed E-state index contributed by atoms with van der Waals surface area (Å²) < 4.78 is 4.98. The summed E-state index contributed by atoms with van der Waals surface area (Å²) >= 11 is 1.88. The Morgan fingerprint density at radius 3 is 1.46 bits per heavy atom. The molecule has 0 aliphatic heterocycles. The van der Waals surface area contributed by atoms with Crippen molar-refractivity contribution in [3.63, 3.8) is 0 Å². The molecule has 0 radical (unpaired) electrons. The van der Waals surface area contributed by atoms with E-state index in [0.29, 0.717) is 0 Å². The molecule has 0 aliphatic carbocycles. The standard InChI is InChI=1S/C64H42N2S/c1-3-15-44(16-4-1)53-25-12-19-47-20-13-26-54(63(47)53)46-33-37-50(38-34-46)65(52-39-40-62-59(42-52)58-28-14-27-55(64(58)67-62)45-17-5-2-6-18-45)49-35-31-43(32-36-49)48-21-11-22-51(41-48)66-60-29-9-7-23-56(60)57-24-8-10-30-61(57)66/h1-42H. The lowest BCUT2D eigenvalue weighted by molar-refractivity contribution is 1.18. The van der Waals surface area contributed by atoms with Gasteiger partial charge in [-0.05, 0) is 122 Å². The van der Waals surface area contributed by atoms with Crippen molar-refractivity contribution in [3.05, 3.63) is 255 Å². The molecule has 0 spiro atoms. The highest BCUT2D eigenvalue weighted by atomic mass is 32.1. The largest absolute Gasteiger partial charge is 0.310 e. The monoisotopic (exact) mass is 870 g/mol. The predicted octanol–water partition coefficient (Wildman–Crippen LogP) is 18.4. The van der Waals surface area contributed by atoms with E-state index in [1.165, 1.54) is 97.3 Å². The van der Waals surface area contributed by atoms with Crippen LogP contribution >= 0.6 is 11.3 Å². The van der Waals surface area contributed by atoms with E-state index in [4.69, 9.17) is 0 Å². The van der Waals surface area contributed by atoms with Crippen molar-refractivity contribution < 1.29 is 0 Å². The van der Waals surface area contributed by atoms with E-state index in [1.54, 1.807) is 0 Å². The molecule has 0 saturated carbocycles. The summed E-state index contributed by atoms with van der Waals surface area (Å²) in [6.07, 6.45) is 0. The Hall–Kier alpha value is -8.50. The fraction of sp³-hybridized carbons (Fsp3) is 0. The second-order valence-corrected chi connectivity index (χ2v) is 18.3. The van der Waals surface area contributed by atoms with Gasteiger partial charge in [0, 0.05) is 53.7 Å². The summed E-state index contributed by atoms with van der Waals surface area (Å²) in [7, 11) is 0. The van der Waals surface area contributed by atoms with Gasteiger partial charge in [0.25, 0.3) is 0 Å². The van der Waals surface area contributed by atoms with Crippen LogP contribution < -0.4 is 4.90 Å². The van der Waals surface area contributed by atoms with E-state index >= 15 is 0 Å². The van der Waals surface area contributed by atoms with Crippen molar-refractivity contribution in [3.8, 4) is 50.2 Å². The van der Waals surface area contributed by atoms with Crippen LogP contribution in [0.15, 0.2) is 255 Å². The number of para-hydroxylation sites is 2. The van der Waals surface area contributed by atoms with Gasteiger partial charge in [-0.3, -0.25) is 0 Å². The Kier molecular flexibility index (Phi) is 9.40. The minimum Gasteiger partial charge on any atom is -0.310 e. The zero-order valence-electron chi connectivity index (χ0n) is 36.6. The maximum Gasteiger partial charge on any atom is 0.0541 e. The highest BCUT2D eigenvalue weighted by Gasteiger charge is 2.19. The summed E-state index contributed by atoms with van der Waals surface area (Å²) in [6, 6.07) is 93.1. The van der Waals surface area contributed by atoms with Gasteiger partial charge in [-0.25, -0.2) is 0 Å². The molecule has 0 aliphatic rings. The number of hydrogen-bond acceptors (Lipinski definition) is 2. The Labute approximate surface area is 393 Å². The molecular weight excluding hydrogens is 829 g/mol. The zero-order valence-corrected chi connectivity index (χ0v) is 37.4. The van der Waals surface area contributed by atoms with Crippen LogP contribution in [0.1, 0.15) is 0 Å². The number of thiophene rings is 1. The van der Waals surface area contributed by atoms with E-state index in [1.807, 2.05) is 11.3 Å². The molecule has 3 heteroatoms. The van der Waals surface area contributed by atoms with E-state index in [-0.39, 0.29) is 0 Å². The van der Waals surface area contributed by atoms with Gasteiger partial charge in [0.1, 0.15) is 0 Å². The lowest BCUT2D eigenvalue weighted by atomic mass is 9.91. The second kappa shape index (κ2) is 16.2. The molecule has 0 amide bonds. The molecule has 2 heterocycles. The maximum atomic E-state index is 2.41. The summed E-state index contributed by atoms with van der Waals surface area (Å²) in [5.41, 5.74) is 16.6. The van der Waals surface area contributed by atoms with Gasteiger partial charge in [0.2, 0.25) is 0 Å². The van der Waals surface area contributed by atoms with E-state index in [9.17, 15) is 0 Å². The second-order valence-electron chi connectivity index (χ2n) is 17.3. The number of fused-ring (bicyclic) bond motifs is 7. The highest BCUT2D eigenvalue weighted by Crippen LogP contribution is 2.45. The topological polar surface area (TPSA) is 8.17 Å². The van der Waals surface area contributed by atoms with Crippen molar-refractivity contribution in [1.82, 2.24) is 4.57 Å². The number of nitrogens with zero attached hydrogens (tertiary/aromatic N) is 2. The van der Waals surface area contributed by atoms with Gasteiger partial charge in [-0.1, -0.05) is 188 Å². The first kappa shape index (κ1) is 38.9. The van der Waals surface area contributed by atoms with Crippen molar-refractivity contribution in [2.45, 2.75) is 0 Å². The third-order valence-electron chi connectivity index (χ3n) is 13.4. The molecule has 0 saturated heterocycles. The quantitative estimate of drug-likeness (QED) is 0.148. The molecule has 314 valence electrons. The van der Waals surface area contributed by atoms with Crippen LogP contribution in [0.2, 0.25) is 0 Å². The average Bonchev–Trinajstić information content (AvgIpc) is 3.95. The van der Waals surface area contributed by atoms with Gasteiger partial charge in [0.05, 0.1) is 11.0 Å². The first-order valence-electron chi connectivity index (χ1n) is 22.9. The number of benzene rings is 11. The van der Waals surface area contributed by atoms with Crippen LogP contribution in [0, 0.1) is 0 Å². The van der Waals surface area contributed by atoms with Crippen LogP contribution in [0.25, 0.3) is 103 Å². The van der Waals surface area contributed by atoms with Crippen LogP contribution in [0.3, 0.4) is 0 Å². The Bertz CT molecular complexity index is 3900. The normalized spacial score (nSPS) is 11.6. The van der Waals surface area contributed by atoms with Crippen LogP contribution in [0.5, 0.6) is 0 Å². The minimum atomic E-state index is 1.09. The van der Waals surface area contributed by atoms with Crippen molar-refractivity contribution in [1.29, 1.82) is 0 Å². The summed E-state index contributed by atoms with van der Waals surface area (Å²) in [5, 5.41) is 7.57. The number of hydrogen-bond donors (Lipinski definition) is 0. The molecule has 0 atom stereocenters. The highest BCUT2D eigenvalue weighted by molar-refractivity contribution is 7.26. The minimum absolute atomic E-state index is 1.09. The molecule has 0 fully saturated rings. The number of rotatable bonds is 8. The van der Waals surface area contributed by atoms with Crippen LogP contribution in [-0.2, 0) is 0 Å². The summed E-state index contributed by atoms with van der Waals surface area (Å²) in [6.45, 7) is 0. The van der Waals surface area contributed by atoms with Crippen LogP contribution in [0.4, 0.5) is 17.1 Å². The molecule has 13 rings (SSSR count). The smallest absolute Gasteiger partial charge is 0.0541 e. The molecule has 0 N–H and O–H groups in total. The number of aromatic nitrogens is 1. The van der Waals surface area contributed by atoms with E-state index < -0.39 is 0 Å². The molecule has 0 unspecified atom stereocenters. The predicted molar refractivity (Wildman–Crippen MR) is 288 cm³/mol. The van der Waals surface area contributed by atoms with Crippen molar-refractivity contribution in [2.24, 2.45) is 0 Å². The van der Waals surface area contributed by atoms with Gasteiger partial charge >= 0.3 is 0 Å². The Balaban J connectivity index is 0.927. The van der Waals surface area contributed by atoms with Crippen LogP contribution in [-0.4, -0.2) is 4.57 Å². The van der Waals surface area contributed by atoms with Crippen molar-refractivity contribution >= 4 is 81.1 Å². The van der Waals surface area contributed by atoms with Gasteiger partial charge in [0.15, 0.2) is 0 Å². The van der Waals surface area contributed by atoms with Gasteiger partial charge in [-0.15, -0.1) is 11.3 Å². The third kappa shape index (κ3) is 6.71. The first-order chi connectivity index (χ1) is 33.2. The lowest BCUT2D eigenvalue weighted by Gasteiger charge is -2.26. The van der Waals surface area contributed by atoms with E-state index in [2.05, 4.69) is 264 Å². The van der Waals surface area contributed by atoms with Crippen molar-refractivity contribution in [2.75, 3.05) is 4.90 Å². The Morgan fingerprint density at radius 2 is 0.806 bits per heavy atom. The van der Waals surface area contributed by atoms with E-state index in [0.717, 1.165) is 22.7 Å². The number of anilines is 3. The lowest BCUT2D eigenvalue weighted by Crippen LogP contribution is -2.09. The summed E-state index contributed by atoms with van der Waals surface area (Å²) in [4.78, 5) is 2.41. The fourth-order valence-electron chi connectivity index (χ4n) is 10.3. The first-order valence-corrected chi connectivity index (χ1v) is 23.7. The van der Waals surface area contributed by atoms with Gasteiger partial charge < -0.3 is 9.47 Å². The molecule has 67 heavy (non-hydrogen) atoms. The fourth-order valence-corrected chi connectivity index (χ4v) is 11.5. The molecule has 13 aromatic rings. The van der Waals surface area contributed by atoms with Gasteiger partial charge in [-0.2, -0.15) is 0 Å².